The molecule has 9 heteroatoms. The van der Waals surface area contributed by atoms with Crippen molar-refractivity contribution in [2.45, 2.75) is 64.1 Å². The maximum atomic E-state index is 13.7. The number of nitrogens with one attached hydrogen (secondary N) is 1. The zero-order chi connectivity index (χ0) is 23.9. The molecule has 2 rings (SSSR count). The number of rotatable bonds is 9. The van der Waals surface area contributed by atoms with Gasteiger partial charge in [0.25, 0.3) is 5.91 Å². The molecule has 1 heterocycles. The summed E-state index contributed by atoms with van der Waals surface area (Å²) < 4.78 is 5.41. The first-order chi connectivity index (χ1) is 15.0. The summed E-state index contributed by atoms with van der Waals surface area (Å²) in [6, 6.07) is 8.80. The van der Waals surface area contributed by atoms with Crippen molar-refractivity contribution in [2.75, 3.05) is 13.1 Å². The van der Waals surface area contributed by atoms with Crippen LogP contribution in [0.15, 0.2) is 35.3 Å². The molecule has 1 aliphatic heterocycles. The lowest BCUT2D eigenvalue weighted by molar-refractivity contribution is -0.149. The monoisotopic (exact) mass is 445 g/mol. The number of hydrogen-bond donors (Lipinski definition) is 3. The summed E-state index contributed by atoms with van der Waals surface area (Å²) in [6.07, 6.45) is 2.12. The quantitative estimate of drug-likeness (QED) is 0.229. The third-order valence-electron chi connectivity index (χ3n) is 5.52. The number of nitrogens with two attached hydrogens (primary N) is 2. The van der Waals surface area contributed by atoms with Crippen molar-refractivity contribution >= 4 is 24.2 Å². The fourth-order valence-electron chi connectivity index (χ4n) is 3.81. The first kappa shape index (κ1) is 25.2. The van der Waals surface area contributed by atoms with E-state index >= 15 is 0 Å². The van der Waals surface area contributed by atoms with E-state index in [2.05, 4.69) is 10.3 Å². The average Bonchev–Trinajstić information content (AvgIpc) is 2.68. The number of benzene rings is 1. The molecule has 0 aliphatic carbocycles. The Morgan fingerprint density at radius 1 is 1.25 bits per heavy atom. The molecule has 32 heavy (non-hydrogen) atoms. The predicted molar refractivity (Wildman–Crippen MR) is 123 cm³/mol. The Hall–Kier alpha value is -3.10. The number of guanidine groups is 1. The zero-order valence-corrected chi connectivity index (χ0v) is 19.3. The second-order valence-corrected chi connectivity index (χ2v) is 9.22. The Morgan fingerprint density at radius 2 is 1.91 bits per heavy atom. The molecule has 1 saturated heterocycles. The Labute approximate surface area is 189 Å². The molecule has 1 fully saturated rings. The number of aldehydes is 1. The first-order valence-electron chi connectivity index (χ1n) is 10.9. The summed E-state index contributed by atoms with van der Waals surface area (Å²) >= 11 is 0. The van der Waals surface area contributed by atoms with Crippen LogP contribution < -0.4 is 16.8 Å². The van der Waals surface area contributed by atoms with Crippen LogP contribution in [0.5, 0.6) is 0 Å². The van der Waals surface area contributed by atoms with E-state index in [9.17, 15) is 14.4 Å². The molecule has 0 radical (unpaired) electrons. The van der Waals surface area contributed by atoms with Gasteiger partial charge in [0, 0.05) is 25.0 Å². The standard InChI is InChI=1S/C23H35N5O4/c1-22(2,3)32-21(31)27-23(4,17-10-6-5-7-11-17)19(30)28-14-12-18(28)16(15-29)9-8-13-26-20(24)25/h5-7,10-11,15-16,18H,8-9,12-14H2,1-4H3,(H,27,31)(H4,24,25,26)/t16-,18+,23-/m1/s1. The molecule has 1 aromatic rings. The van der Waals surface area contributed by atoms with E-state index in [1.807, 2.05) is 18.2 Å². The van der Waals surface area contributed by atoms with E-state index < -0.39 is 17.2 Å². The van der Waals surface area contributed by atoms with Crippen molar-refractivity contribution in [1.29, 1.82) is 0 Å². The summed E-state index contributed by atoms with van der Waals surface area (Å²) in [5.74, 6) is -0.592. The summed E-state index contributed by atoms with van der Waals surface area (Å²) in [6.45, 7) is 7.89. The molecule has 1 aliphatic rings. The number of ether oxygens (including phenoxy) is 1. The lowest BCUT2D eigenvalue weighted by Gasteiger charge is -2.48. The van der Waals surface area contributed by atoms with Gasteiger partial charge in [-0.2, -0.15) is 0 Å². The van der Waals surface area contributed by atoms with Crippen molar-refractivity contribution in [1.82, 2.24) is 10.2 Å². The van der Waals surface area contributed by atoms with E-state index in [0.717, 1.165) is 12.7 Å². The fraction of sp³-hybridized carbons (Fsp3) is 0.565. The van der Waals surface area contributed by atoms with E-state index in [0.29, 0.717) is 31.5 Å². The summed E-state index contributed by atoms with van der Waals surface area (Å²) in [5, 5.41) is 2.77. The normalized spacial score (nSPS) is 18.5. The Balaban J connectivity index is 2.20. The van der Waals surface area contributed by atoms with Crippen molar-refractivity contribution in [3.63, 3.8) is 0 Å². The topological polar surface area (TPSA) is 140 Å². The molecule has 9 nitrogen and oxygen atoms in total. The highest BCUT2D eigenvalue weighted by Crippen LogP contribution is 2.33. The van der Waals surface area contributed by atoms with Crippen LogP contribution in [0.25, 0.3) is 0 Å². The molecule has 1 aromatic carbocycles. The van der Waals surface area contributed by atoms with Crippen LogP contribution in [-0.4, -0.2) is 53.9 Å². The van der Waals surface area contributed by atoms with Gasteiger partial charge in [-0.1, -0.05) is 30.3 Å². The summed E-state index contributed by atoms with van der Waals surface area (Å²) in [5.41, 5.74) is 9.28. The number of alkyl carbamates (subject to hydrolysis) is 1. The van der Waals surface area contributed by atoms with E-state index in [1.54, 1.807) is 44.7 Å². The van der Waals surface area contributed by atoms with Gasteiger partial charge in [0.1, 0.15) is 17.4 Å². The number of amides is 2. The lowest BCUT2D eigenvalue weighted by atomic mass is 9.83. The molecule has 0 bridgehead atoms. The Bertz CT molecular complexity index is 833. The Morgan fingerprint density at radius 3 is 2.41 bits per heavy atom. The lowest BCUT2D eigenvalue weighted by Crippen LogP contribution is -2.64. The summed E-state index contributed by atoms with van der Waals surface area (Å²) in [7, 11) is 0. The fourth-order valence-corrected chi connectivity index (χ4v) is 3.81. The van der Waals surface area contributed by atoms with E-state index in [-0.39, 0.29) is 23.8 Å². The van der Waals surface area contributed by atoms with Crippen LogP contribution in [0.3, 0.4) is 0 Å². The van der Waals surface area contributed by atoms with Gasteiger partial charge in [0.15, 0.2) is 5.96 Å². The number of aliphatic imine (C=N–C) groups is 1. The number of carbonyl (C=O) groups excluding carboxylic acids is 3. The van der Waals surface area contributed by atoms with Gasteiger partial charge >= 0.3 is 6.09 Å². The Kier molecular flexibility index (Phi) is 8.24. The third-order valence-corrected chi connectivity index (χ3v) is 5.52. The molecular weight excluding hydrogens is 410 g/mol. The summed E-state index contributed by atoms with van der Waals surface area (Å²) in [4.78, 5) is 43.7. The van der Waals surface area contributed by atoms with E-state index in [4.69, 9.17) is 16.2 Å². The van der Waals surface area contributed by atoms with Crippen LogP contribution in [0.2, 0.25) is 0 Å². The average molecular weight is 446 g/mol. The van der Waals surface area contributed by atoms with Gasteiger partial charge < -0.3 is 31.2 Å². The smallest absolute Gasteiger partial charge is 0.408 e. The van der Waals surface area contributed by atoms with Gasteiger partial charge in [-0.25, -0.2) is 4.79 Å². The molecule has 0 spiro atoms. The van der Waals surface area contributed by atoms with Crippen molar-refractivity contribution in [3.05, 3.63) is 35.9 Å². The molecule has 176 valence electrons. The number of likely N-dealkylation sites (tertiary alicyclic amines) is 1. The maximum absolute atomic E-state index is 13.7. The number of nitrogens with zero attached hydrogens (tertiary/aromatic N) is 2. The second-order valence-electron chi connectivity index (χ2n) is 9.22. The molecule has 0 unspecified atom stereocenters. The minimum Gasteiger partial charge on any atom is -0.444 e. The van der Waals surface area contributed by atoms with Gasteiger partial charge in [-0.15, -0.1) is 0 Å². The molecule has 5 N–H and O–H groups in total. The van der Waals surface area contributed by atoms with Crippen molar-refractivity contribution in [2.24, 2.45) is 22.4 Å². The number of hydrogen-bond acceptors (Lipinski definition) is 5. The van der Waals surface area contributed by atoms with Gasteiger partial charge in [-0.3, -0.25) is 9.79 Å². The van der Waals surface area contributed by atoms with Crippen LogP contribution in [0, 0.1) is 5.92 Å². The third kappa shape index (κ3) is 6.45. The highest BCUT2D eigenvalue weighted by Gasteiger charge is 2.47. The predicted octanol–water partition coefficient (Wildman–Crippen LogP) is 1.90. The molecule has 0 aromatic heterocycles. The number of carbonyl (C=O) groups is 3. The van der Waals surface area contributed by atoms with Crippen molar-refractivity contribution < 1.29 is 19.1 Å². The van der Waals surface area contributed by atoms with Crippen LogP contribution >= 0.6 is 0 Å². The molecular formula is C23H35N5O4. The minimum absolute atomic E-state index is 0.0138. The first-order valence-corrected chi connectivity index (χ1v) is 10.9. The van der Waals surface area contributed by atoms with Crippen molar-refractivity contribution in [3.8, 4) is 0 Å². The second kappa shape index (κ2) is 10.5. The zero-order valence-electron chi connectivity index (χ0n) is 19.3. The molecule has 0 saturated carbocycles. The van der Waals surface area contributed by atoms with Crippen LogP contribution in [0.1, 0.15) is 52.5 Å². The van der Waals surface area contributed by atoms with Gasteiger partial charge in [-0.05, 0) is 52.5 Å². The van der Waals surface area contributed by atoms with Gasteiger partial charge in [0.2, 0.25) is 0 Å². The van der Waals surface area contributed by atoms with Crippen LogP contribution in [-0.2, 0) is 19.9 Å². The highest BCUT2D eigenvalue weighted by molar-refractivity contribution is 5.91. The highest BCUT2D eigenvalue weighted by atomic mass is 16.6. The van der Waals surface area contributed by atoms with Crippen LogP contribution in [0.4, 0.5) is 4.79 Å². The van der Waals surface area contributed by atoms with E-state index in [1.165, 1.54) is 0 Å². The minimum atomic E-state index is -1.34. The SMILES string of the molecule is CC(C)(C)OC(=O)N[C@@](C)(C(=O)N1CC[C@H]1[C@@H](C=O)CCCN=C(N)N)c1ccccc1. The maximum Gasteiger partial charge on any atom is 0.408 e. The van der Waals surface area contributed by atoms with Gasteiger partial charge in [0.05, 0.1) is 0 Å². The largest absolute Gasteiger partial charge is 0.444 e. The molecule has 3 atom stereocenters. The molecule has 2 amide bonds.